The molecule has 44 valence electrons. The van der Waals surface area contributed by atoms with E-state index in [0.717, 1.165) is 6.42 Å². The molecule has 2 aliphatic rings. The molecule has 3 nitrogen and oxygen atoms in total. The first-order chi connectivity index (χ1) is 3.81. The summed E-state index contributed by atoms with van der Waals surface area (Å²) in [5.74, 6) is -0.556. The van der Waals surface area contributed by atoms with Gasteiger partial charge in [0.25, 0.3) is 0 Å². The van der Waals surface area contributed by atoms with Gasteiger partial charge in [-0.05, 0) is 0 Å². The number of carbonyl (C=O) groups excluding carboxylic acids is 1. The molecule has 0 bridgehead atoms. The lowest BCUT2D eigenvalue weighted by atomic mass is 10.3. The van der Waals surface area contributed by atoms with Crippen molar-refractivity contribution in [3.63, 3.8) is 0 Å². The first-order valence-electron chi connectivity index (χ1n) is 2.67. The van der Waals surface area contributed by atoms with E-state index >= 15 is 0 Å². The Labute approximate surface area is 46.6 Å². The Kier molecular flexibility index (Phi) is 0.568. The molecule has 0 radical (unpaired) electrons. The molecule has 2 aliphatic heterocycles. The largest absolute Gasteiger partial charge is 0.430 e. The summed E-state index contributed by atoms with van der Waals surface area (Å²) >= 11 is 0. The Morgan fingerprint density at radius 2 is 2.38 bits per heavy atom. The molecular formula is C5H6O3. The average molecular weight is 114 g/mol. The first-order valence-corrected chi connectivity index (χ1v) is 2.67. The highest BCUT2D eigenvalue weighted by Crippen LogP contribution is 2.38. The van der Waals surface area contributed by atoms with Crippen LogP contribution in [0.5, 0.6) is 0 Å². The predicted molar refractivity (Wildman–Crippen MR) is 24.0 cm³/mol. The molecule has 1 atom stereocenters. The van der Waals surface area contributed by atoms with Crippen LogP contribution < -0.4 is 0 Å². The maximum absolute atomic E-state index is 10.4. The summed E-state index contributed by atoms with van der Waals surface area (Å²) in [4.78, 5) is 10.4. The summed E-state index contributed by atoms with van der Waals surface area (Å²) in [5.41, 5.74) is 0. The van der Waals surface area contributed by atoms with Crippen LogP contribution in [-0.2, 0) is 14.3 Å². The van der Waals surface area contributed by atoms with Crippen LogP contribution in [0.1, 0.15) is 12.8 Å². The van der Waals surface area contributed by atoms with Gasteiger partial charge < -0.3 is 9.47 Å². The molecule has 0 aromatic carbocycles. The van der Waals surface area contributed by atoms with Crippen molar-refractivity contribution in [3.05, 3.63) is 0 Å². The topological polar surface area (TPSA) is 38.8 Å². The number of carbonyl (C=O) groups is 1. The molecule has 2 saturated heterocycles. The van der Waals surface area contributed by atoms with E-state index < -0.39 is 5.79 Å². The summed E-state index contributed by atoms with van der Waals surface area (Å²) in [5, 5.41) is 0. The Morgan fingerprint density at radius 3 is 2.62 bits per heavy atom. The first kappa shape index (κ1) is 4.32. The van der Waals surface area contributed by atoms with E-state index in [1.54, 1.807) is 0 Å². The standard InChI is InChI=1S/C5H6O3/c6-4-1-2-5(8-4)3-7-5/h1-3H2/t5-/m1/s1. The van der Waals surface area contributed by atoms with Gasteiger partial charge in [-0.25, -0.2) is 0 Å². The van der Waals surface area contributed by atoms with E-state index in [1.807, 2.05) is 0 Å². The predicted octanol–water partition coefficient (Wildman–Crippen LogP) is 0.0499. The van der Waals surface area contributed by atoms with Crippen LogP contribution in [0, 0.1) is 0 Å². The fourth-order valence-electron chi connectivity index (χ4n) is 0.886. The van der Waals surface area contributed by atoms with E-state index in [9.17, 15) is 4.79 Å². The van der Waals surface area contributed by atoms with E-state index in [-0.39, 0.29) is 5.97 Å². The highest BCUT2D eigenvalue weighted by Gasteiger charge is 2.53. The normalized spacial score (nSPS) is 42.8. The Morgan fingerprint density at radius 1 is 1.62 bits per heavy atom. The highest BCUT2D eigenvalue weighted by molar-refractivity contribution is 5.72. The van der Waals surface area contributed by atoms with Crippen molar-refractivity contribution < 1.29 is 14.3 Å². The maximum atomic E-state index is 10.4. The molecule has 0 aliphatic carbocycles. The van der Waals surface area contributed by atoms with Gasteiger partial charge in [0.2, 0.25) is 5.79 Å². The van der Waals surface area contributed by atoms with Crippen molar-refractivity contribution in [2.24, 2.45) is 0 Å². The Bertz CT molecular complexity index is 137. The minimum absolute atomic E-state index is 0.123. The van der Waals surface area contributed by atoms with E-state index in [0.29, 0.717) is 13.0 Å². The van der Waals surface area contributed by atoms with Gasteiger partial charge in [-0.3, -0.25) is 4.79 Å². The van der Waals surface area contributed by atoms with Crippen molar-refractivity contribution in [2.75, 3.05) is 6.61 Å². The smallest absolute Gasteiger partial charge is 0.308 e. The molecule has 3 heteroatoms. The van der Waals surface area contributed by atoms with Crippen LogP contribution in [0.15, 0.2) is 0 Å². The summed E-state index contributed by atoms with van der Waals surface area (Å²) < 4.78 is 9.68. The highest BCUT2D eigenvalue weighted by atomic mass is 16.8. The lowest BCUT2D eigenvalue weighted by molar-refractivity contribution is -0.147. The number of hydrogen-bond donors (Lipinski definition) is 0. The second-order valence-electron chi connectivity index (χ2n) is 2.17. The lowest BCUT2D eigenvalue weighted by Crippen LogP contribution is -2.07. The number of esters is 1. The van der Waals surface area contributed by atoms with Gasteiger partial charge in [-0.2, -0.15) is 0 Å². The van der Waals surface area contributed by atoms with Gasteiger partial charge in [0.1, 0.15) is 6.61 Å². The molecule has 0 unspecified atom stereocenters. The summed E-state index contributed by atoms with van der Waals surface area (Å²) in [7, 11) is 0. The van der Waals surface area contributed by atoms with E-state index in [4.69, 9.17) is 9.47 Å². The van der Waals surface area contributed by atoms with Crippen molar-refractivity contribution in [3.8, 4) is 0 Å². The molecule has 8 heavy (non-hydrogen) atoms. The van der Waals surface area contributed by atoms with Crippen LogP contribution in [-0.4, -0.2) is 18.4 Å². The zero-order valence-corrected chi connectivity index (χ0v) is 4.35. The number of rotatable bonds is 0. The van der Waals surface area contributed by atoms with E-state index in [2.05, 4.69) is 0 Å². The summed E-state index contributed by atoms with van der Waals surface area (Å²) in [6.45, 7) is 0.610. The third-order valence-corrected chi connectivity index (χ3v) is 1.48. The fraction of sp³-hybridized carbons (Fsp3) is 0.800. The zero-order valence-electron chi connectivity index (χ0n) is 4.35. The Balaban J connectivity index is 2.13. The van der Waals surface area contributed by atoms with Gasteiger partial charge in [0, 0.05) is 6.42 Å². The lowest BCUT2D eigenvalue weighted by Gasteiger charge is -1.96. The molecule has 2 heterocycles. The van der Waals surface area contributed by atoms with Crippen LogP contribution >= 0.6 is 0 Å². The second-order valence-corrected chi connectivity index (χ2v) is 2.17. The molecule has 2 rings (SSSR count). The van der Waals surface area contributed by atoms with Crippen molar-refractivity contribution in [1.29, 1.82) is 0 Å². The summed E-state index contributed by atoms with van der Waals surface area (Å²) in [6, 6.07) is 0. The van der Waals surface area contributed by atoms with E-state index in [1.165, 1.54) is 0 Å². The van der Waals surface area contributed by atoms with Crippen LogP contribution in [0.25, 0.3) is 0 Å². The summed E-state index contributed by atoms with van der Waals surface area (Å²) in [6.07, 6.45) is 1.28. The van der Waals surface area contributed by atoms with Crippen molar-refractivity contribution in [1.82, 2.24) is 0 Å². The van der Waals surface area contributed by atoms with Gasteiger partial charge in [-0.1, -0.05) is 0 Å². The SMILES string of the molecule is O=C1CC[C@]2(CO2)O1. The minimum atomic E-state index is -0.433. The number of hydrogen-bond acceptors (Lipinski definition) is 3. The number of epoxide rings is 1. The quantitative estimate of drug-likeness (QED) is 0.330. The zero-order chi connectivity index (χ0) is 5.61. The molecule has 0 aromatic heterocycles. The monoisotopic (exact) mass is 114 g/mol. The molecule has 0 saturated carbocycles. The fourth-order valence-corrected chi connectivity index (χ4v) is 0.886. The van der Waals surface area contributed by atoms with Crippen LogP contribution in [0.4, 0.5) is 0 Å². The van der Waals surface area contributed by atoms with Gasteiger partial charge in [0.05, 0.1) is 6.42 Å². The third-order valence-electron chi connectivity index (χ3n) is 1.48. The van der Waals surface area contributed by atoms with Gasteiger partial charge >= 0.3 is 5.97 Å². The third kappa shape index (κ3) is 0.448. The van der Waals surface area contributed by atoms with Gasteiger partial charge in [-0.15, -0.1) is 0 Å². The Hall–Kier alpha value is -0.570. The van der Waals surface area contributed by atoms with Crippen LogP contribution in [0.2, 0.25) is 0 Å². The second kappa shape index (κ2) is 1.05. The molecule has 0 aromatic rings. The van der Waals surface area contributed by atoms with Gasteiger partial charge in [0.15, 0.2) is 0 Å². The minimum Gasteiger partial charge on any atom is -0.430 e. The maximum Gasteiger partial charge on any atom is 0.308 e. The number of ether oxygens (including phenoxy) is 2. The van der Waals surface area contributed by atoms with Crippen LogP contribution in [0.3, 0.4) is 0 Å². The van der Waals surface area contributed by atoms with Crippen molar-refractivity contribution in [2.45, 2.75) is 18.6 Å². The molecule has 0 amide bonds. The van der Waals surface area contributed by atoms with Crippen molar-refractivity contribution >= 4 is 5.97 Å². The molecule has 2 fully saturated rings. The molecule has 0 N–H and O–H groups in total. The molecular weight excluding hydrogens is 108 g/mol. The average Bonchev–Trinajstić information content (AvgIpc) is 2.34. The molecule has 1 spiro atoms.